The maximum absolute atomic E-state index is 12.8. The van der Waals surface area contributed by atoms with Crippen molar-refractivity contribution in [3.8, 4) is 0 Å². The smallest absolute Gasteiger partial charge is 0.457 e. The molecule has 2 aromatic rings. The summed E-state index contributed by atoms with van der Waals surface area (Å²) in [6.45, 7) is 38.2. The molecule has 15 rings (SSSR count). The van der Waals surface area contributed by atoms with Crippen LogP contribution in [0.15, 0.2) is 60.7 Å². The molecule has 13 aliphatic rings. The van der Waals surface area contributed by atoms with Gasteiger partial charge in [-0.2, -0.15) is 21.6 Å². The second-order valence-electron chi connectivity index (χ2n) is 39.3. The number of hydrogen-bond donors (Lipinski definition) is 3. The van der Waals surface area contributed by atoms with Gasteiger partial charge < -0.3 is 176 Å². The molecule has 864 valence electrons. The molecule has 3 N–H and O–H groups in total. The first-order valence-corrected chi connectivity index (χ1v) is 53.3. The van der Waals surface area contributed by atoms with Crippen LogP contribution in [0.4, 0.5) is 13.2 Å². The molecule has 0 aliphatic carbocycles. The topological polar surface area (TPSA) is 486 Å². The minimum Gasteiger partial charge on any atom is -0.457 e. The van der Waals surface area contributed by atoms with Gasteiger partial charge in [0.25, 0.3) is 0 Å². The fourth-order valence-electron chi connectivity index (χ4n) is 18.9. The molecule has 13 heterocycles. The maximum Gasteiger partial charge on any atom is 0.523 e. The van der Waals surface area contributed by atoms with Gasteiger partial charge in [0.1, 0.15) is 116 Å². The van der Waals surface area contributed by atoms with Crippen LogP contribution in [0.2, 0.25) is 0 Å². The fourth-order valence-corrected chi connectivity index (χ4v) is 20.2. The summed E-state index contributed by atoms with van der Waals surface area (Å²) in [5, 5.41) is 29.0. The van der Waals surface area contributed by atoms with Gasteiger partial charge in [0, 0.05) is 105 Å². The number of esters is 4. The highest BCUT2D eigenvalue weighted by Gasteiger charge is 2.62. The molecule has 49 heteroatoms. The van der Waals surface area contributed by atoms with Crippen LogP contribution in [0.1, 0.15) is 174 Å². The van der Waals surface area contributed by atoms with Gasteiger partial charge in [-0.05, 0) is 81.1 Å². The molecule has 8 unspecified atom stereocenters. The number of aliphatic hydroxyl groups excluding tert-OH is 3. The molecular weight excluding hydrogens is 2090 g/mol. The molecule has 0 bridgehead atoms. The van der Waals surface area contributed by atoms with Gasteiger partial charge in [0.2, 0.25) is 6.29 Å². The first kappa shape index (κ1) is 129. The van der Waals surface area contributed by atoms with Crippen molar-refractivity contribution < 1.29 is 221 Å². The summed E-state index contributed by atoms with van der Waals surface area (Å²) in [6.07, 6.45) is -11.5. The Morgan fingerprint density at radius 2 is 0.793 bits per heavy atom. The van der Waals surface area contributed by atoms with Gasteiger partial charge in [-0.3, -0.25) is 23.4 Å². The Morgan fingerprint density at radius 1 is 0.393 bits per heavy atom. The first-order chi connectivity index (χ1) is 71.1. The number of carbonyl (C=O) groups excluding carboxylic acids is 4. The van der Waals surface area contributed by atoms with E-state index in [2.05, 4.69) is 47.8 Å². The number of benzene rings is 2. The van der Waals surface area contributed by atoms with E-state index in [1.807, 2.05) is 85.7 Å². The Labute approximate surface area is 885 Å². The van der Waals surface area contributed by atoms with E-state index in [9.17, 15) is 51.0 Å². The molecule has 13 saturated heterocycles. The zero-order valence-electron chi connectivity index (χ0n) is 90.2. The summed E-state index contributed by atoms with van der Waals surface area (Å²) in [6, 6.07) is 18.6. The number of methoxy groups -OCH3 is 5. The van der Waals surface area contributed by atoms with E-state index < -0.39 is 162 Å². The average molecular weight is 2250 g/mol. The highest BCUT2D eigenvalue weighted by atomic mass is 79.9. The normalized spacial score (nSPS) is 36.2. The van der Waals surface area contributed by atoms with Crippen LogP contribution in [0.5, 0.6) is 0 Å². The second kappa shape index (κ2) is 61.5. The number of hydrogen-bond acceptors (Lipinski definition) is 44. The Kier molecular flexibility index (Phi) is 52.8. The third-order valence-electron chi connectivity index (χ3n) is 26.0. The monoisotopic (exact) mass is 2250 g/mol. The third-order valence-corrected chi connectivity index (χ3v) is 27.8. The standard InChI is InChI=1S/C17H21F3O8S.C16H22O6.2C15H26O7.C13H23BrO5.C13H24O5.C12H20O6/c1-23-7-8-24-14-13(28-29(21,22)17(18,19)20)10-25-12-9-26-16(27-15(12)14)11-5-3-2-4-6-11;1-18-7-8-19-14-12(17)9-20-13-10-21-16(22-15(13)14)11-5-3-2-4-6-11;1-14(2)18-8-9(20-14)10-11(17-7-5-6-16)12-13(19-10)22-15(3,4)21-12;1-6-12-9(2)13(19-8-7-18-5)14(20-10(3)16)15(22-12)21-11(4)17;1-5-10-8(2)11(17-7-6-16-4)12(13(14)19-10)18-9(3)15;1-5-11-9(2)13(16-7-6-15-4)12(8-17-11)18-10(3)14;1-11(2)14-5-6(16-11)8-7(13)9-10(15-8)18-12(3,4)17-9/h2-6,12-16H,7-10H2,1H3;2-6,12-17H,7-10H2,1H3;9-13,16H,5-8H2,1-4H3;9,12-15H,6-8H2,1-5H3;8,10-13H,5-7H2,1-4H3;9,11-13H,5-8H2,1-4H3;6-10,13H,5H2,1-4H3/t12-,13+,14+,15-,16?;12-,13+,14-,15+,16?;9?,10?,11-,12-,13-;9-,12-,13-,14-,15?;8-,10-,11-,12-,13?;9-,11-,12+,13-;6?,7-,8?,9-,10-/m1011111/s1. The van der Waals surface area contributed by atoms with Crippen molar-refractivity contribution in [2.24, 2.45) is 17.8 Å². The second-order valence-corrected chi connectivity index (χ2v) is 41.7. The molecule has 0 amide bonds. The van der Waals surface area contributed by atoms with Crippen LogP contribution >= 0.6 is 15.9 Å². The number of halogens is 4. The highest BCUT2D eigenvalue weighted by molar-refractivity contribution is 9.09. The van der Waals surface area contributed by atoms with Crippen molar-refractivity contribution in [2.75, 3.05) is 161 Å². The van der Waals surface area contributed by atoms with Gasteiger partial charge in [-0.15, -0.1) is 0 Å². The number of ether oxygens (including phenoxy) is 34. The van der Waals surface area contributed by atoms with E-state index in [-0.39, 0.29) is 147 Å². The van der Waals surface area contributed by atoms with Crippen LogP contribution in [0.25, 0.3) is 0 Å². The summed E-state index contributed by atoms with van der Waals surface area (Å²) < 4.78 is 255. The summed E-state index contributed by atoms with van der Waals surface area (Å²) in [4.78, 5) is 45.0. The van der Waals surface area contributed by atoms with E-state index in [0.29, 0.717) is 97.9 Å². The SMILES string of the molecule is CC1(C)OCC(C2O[C@@H]3OC(C)(C)O[C@@H]3[C@@H]2O)O1.CC1(C)OCC(C2O[C@@H]3OC(C)(C)O[C@@H]3[C@@H]2OCCCO)O1.CC[C@H]1OC(Br)[C@H](OC(C)=O)[C@H](OCCOC)[C@@H]1C.CC[C@H]1OC(OC(C)=O)[C@H](OC(C)=O)[C@H](OCCOC)[C@@H]1C.CC[C@H]1OC[C@H](OC(C)=O)[C@H](OCCOC)[C@@H]1C.COCCO[C@@H]1[C@@H]2OC(c3ccccc3)OC[C@H]2OC[C@@H]1O.COCCO[C@@H]1[C@@H]2OC(c3ccccc3)OC[C@H]2OC[C@@H]1OS(=O)(=O)C(F)(F)F. The Morgan fingerprint density at radius 3 is 1.25 bits per heavy atom. The molecule has 0 saturated carbocycles. The number of rotatable bonds is 37. The van der Waals surface area contributed by atoms with Crippen molar-refractivity contribution in [2.45, 2.75) is 368 Å². The Bertz CT molecular complexity index is 4340. The molecule has 0 spiro atoms. The lowest BCUT2D eigenvalue weighted by Crippen LogP contribution is -2.60. The highest BCUT2D eigenvalue weighted by Crippen LogP contribution is 2.46. The van der Waals surface area contributed by atoms with Crippen molar-refractivity contribution in [3.05, 3.63) is 71.8 Å². The minimum absolute atomic E-state index is 0.00344. The fraction of sp³-hybridized carbons (Fsp3) is 0.842. The Hall–Kier alpha value is -4.82. The maximum atomic E-state index is 12.8. The van der Waals surface area contributed by atoms with Gasteiger partial charge in [-0.1, -0.05) is 118 Å². The molecular formula is C101H162BrF3O44S. The van der Waals surface area contributed by atoms with E-state index in [0.717, 1.165) is 24.8 Å². The predicted molar refractivity (Wildman–Crippen MR) is 521 cm³/mol. The number of carbonyl (C=O) groups is 4. The van der Waals surface area contributed by atoms with Crippen molar-refractivity contribution in [1.82, 2.24) is 0 Å². The lowest BCUT2D eigenvalue weighted by Gasteiger charge is -2.45. The minimum atomic E-state index is -5.84. The zero-order valence-corrected chi connectivity index (χ0v) is 92.6. The van der Waals surface area contributed by atoms with Crippen molar-refractivity contribution in [3.63, 3.8) is 0 Å². The number of alkyl halides is 4. The molecule has 13 fully saturated rings. The lowest BCUT2D eigenvalue weighted by molar-refractivity contribution is -0.319. The number of aliphatic hydroxyl groups is 3. The molecule has 13 aliphatic heterocycles. The zero-order chi connectivity index (χ0) is 110. The summed E-state index contributed by atoms with van der Waals surface area (Å²) in [5.74, 6) is -3.93. The van der Waals surface area contributed by atoms with Crippen LogP contribution in [0, 0.1) is 17.8 Å². The van der Waals surface area contributed by atoms with Gasteiger partial charge >= 0.3 is 39.5 Å². The molecule has 34 atom stereocenters. The van der Waals surface area contributed by atoms with Gasteiger partial charge in [0.05, 0.1) is 131 Å². The van der Waals surface area contributed by atoms with Gasteiger partial charge in [0.15, 0.2) is 71.6 Å². The molecule has 0 radical (unpaired) electrons. The van der Waals surface area contributed by atoms with Crippen LogP contribution in [-0.2, 0) is 195 Å². The molecule has 2 aromatic carbocycles. The van der Waals surface area contributed by atoms with Gasteiger partial charge in [-0.25, -0.2) is 0 Å². The summed E-state index contributed by atoms with van der Waals surface area (Å²) in [7, 11) is 2.04. The largest absolute Gasteiger partial charge is 0.523 e. The molecule has 0 aromatic heterocycles. The summed E-state index contributed by atoms with van der Waals surface area (Å²) in [5.41, 5.74) is -3.94. The first-order valence-electron chi connectivity index (χ1n) is 51.0. The van der Waals surface area contributed by atoms with Crippen molar-refractivity contribution >= 4 is 49.9 Å². The molecule has 44 nitrogen and oxygen atoms in total. The van der Waals surface area contributed by atoms with Crippen molar-refractivity contribution in [1.29, 1.82) is 0 Å². The van der Waals surface area contributed by atoms with E-state index in [1.54, 1.807) is 72.6 Å². The molecule has 150 heavy (non-hydrogen) atoms. The number of fused-ring (bicyclic) bond motifs is 4. The predicted octanol–water partition coefficient (Wildman–Crippen LogP) is 8.61. The average Bonchev–Trinajstić information content (AvgIpc) is 1.60. The quantitative estimate of drug-likeness (QED) is 0.0142. The lowest BCUT2D eigenvalue weighted by atomic mass is 9.89. The van der Waals surface area contributed by atoms with Crippen LogP contribution in [0.3, 0.4) is 0 Å². The summed E-state index contributed by atoms with van der Waals surface area (Å²) >= 11 is 3.43. The van der Waals surface area contributed by atoms with Crippen LogP contribution in [-0.4, -0.2) is 414 Å². The van der Waals surface area contributed by atoms with Crippen LogP contribution < -0.4 is 0 Å². The van der Waals surface area contributed by atoms with E-state index in [4.69, 9.17) is 166 Å². The third kappa shape index (κ3) is 37.9. The van der Waals surface area contributed by atoms with E-state index in [1.165, 1.54) is 34.8 Å². The Balaban J connectivity index is 0.000000195. The van der Waals surface area contributed by atoms with E-state index >= 15 is 0 Å².